The van der Waals surface area contributed by atoms with Crippen LogP contribution in [0.1, 0.15) is 5.56 Å². The molecule has 0 bridgehead atoms. The molecule has 1 rings (SSSR count). The Balaban J connectivity index is 2.62. The lowest BCUT2D eigenvalue weighted by atomic mass is 10.2. The number of rotatable bonds is 5. The molecule has 0 saturated heterocycles. The number of benzene rings is 1. The lowest BCUT2D eigenvalue weighted by molar-refractivity contribution is -0.120. The van der Waals surface area contributed by atoms with Crippen LogP contribution in [0.15, 0.2) is 16.6 Å². The van der Waals surface area contributed by atoms with E-state index in [-0.39, 0.29) is 18.3 Å². The van der Waals surface area contributed by atoms with E-state index in [0.29, 0.717) is 28.9 Å². The van der Waals surface area contributed by atoms with Crippen molar-refractivity contribution in [2.24, 2.45) is 5.73 Å². The van der Waals surface area contributed by atoms with E-state index in [1.165, 1.54) is 12.1 Å². The number of hydrogen-bond donors (Lipinski definition) is 2. The van der Waals surface area contributed by atoms with Crippen LogP contribution in [0.25, 0.3) is 0 Å². The lowest BCUT2D eigenvalue weighted by Gasteiger charge is -2.09. The van der Waals surface area contributed by atoms with Crippen LogP contribution in [0.2, 0.25) is 0 Å². The van der Waals surface area contributed by atoms with Crippen molar-refractivity contribution >= 4 is 27.5 Å². The first-order valence-corrected chi connectivity index (χ1v) is 5.87. The number of carbonyl (C=O) groups excluding carboxylic acids is 1. The van der Waals surface area contributed by atoms with E-state index in [1.54, 1.807) is 6.92 Å². The van der Waals surface area contributed by atoms with Gasteiger partial charge < -0.3 is 15.8 Å². The summed E-state index contributed by atoms with van der Waals surface area (Å²) >= 11 is 3.06. The molecule has 0 aliphatic carbocycles. The minimum absolute atomic E-state index is 0.0639. The van der Waals surface area contributed by atoms with Crippen molar-refractivity contribution in [3.8, 4) is 0 Å². The summed E-state index contributed by atoms with van der Waals surface area (Å²) in [7, 11) is 0. The number of hydrogen-bond acceptors (Lipinski definition) is 3. The second kappa shape index (κ2) is 6.68. The number of amides is 1. The minimum Gasteiger partial charge on any atom is -0.370 e. The zero-order valence-electron chi connectivity index (χ0n) is 9.43. The predicted molar refractivity (Wildman–Crippen MR) is 67.3 cm³/mol. The molecular weight excluding hydrogens is 291 g/mol. The van der Waals surface area contributed by atoms with Gasteiger partial charge in [-0.15, -0.1) is 0 Å². The lowest BCUT2D eigenvalue weighted by Crippen LogP contribution is -2.21. The predicted octanol–water partition coefficient (Wildman–Crippen LogP) is 1.81. The van der Waals surface area contributed by atoms with Gasteiger partial charge >= 0.3 is 0 Å². The van der Waals surface area contributed by atoms with Gasteiger partial charge in [0.15, 0.2) is 0 Å². The average Bonchev–Trinajstić information content (AvgIpc) is 2.26. The first-order chi connectivity index (χ1) is 8.04. The van der Waals surface area contributed by atoms with Crippen LogP contribution in [0.3, 0.4) is 0 Å². The van der Waals surface area contributed by atoms with Crippen LogP contribution < -0.4 is 11.1 Å². The fourth-order valence-electron chi connectivity index (χ4n) is 1.22. The van der Waals surface area contributed by atoms with Crippen LogP contribution >= 0.6 is 15.9 Å². The SMILES string of the molecule is Cc1cc(F)c(Br)cc1NC(=O)COCCN. The van der Waals surface area contributed by atoms with Gasteiger partial charge in [0.25, 0.3) is 0 Å². The number of ether oxygens (including phenoxy) is 1. The van der Waals surface area contributed by atoms with Gasteiger partial charge in [-0.2, -0.15) is 0 Å². The molecule has 17 heavy (non-hydrogen) atoms. The third-order valence-electron chi connectivity index (χ3n) is 2.04. The molecule has 0 radical (unpaired) electrons. The Morgan fingerprint density at radius 2 is 2.29 bits per heavy atom. The fourth-order valence-corrected chi connectivity index (χ4v) is 1.56. The highest BCUT2D eigenvalue weighted by molar-refractivity contribution is 9.10. The summed E-state index contributed by atoms with van der Waals surface area (Å²) in [6, 6.07) is 2.87. The van der Waals surface area contributed by atoms with Crippen molar-refractivity contribution in [1.29, 1.82) is 0 Å². The monoisotopic (exact) mass is 304 g/mol. The molecule has 0 unspecified atom stereocenters. The highest BCUT2D eigenvalue weighted by Crippen LogP contribution is 2.24. The highest BCUT2D eigenvalue weighted by atomic mass is 79.9. The quantitative estimate of drug-likeness (QED) is 0.816. The standard InChI is InChI=1S/C11H14BrFN2O2/c1-7-4-9(13)8(12)5-10(7)15-11(16)6-17-3-2-14/h4-5H,2-3,6,14H2,1H3,(H,15,16). The summed E-state index contributed by atoms with van der Waals surface area (Å²) in [5.41, 5.74) is 6.43. The summed E-state index contributed by atoms with van der Waals surface area (Å²) < 4.78 is 18.4. The van der Waals surface area contributed by atoms with Crippen LogP contribution in [0.4, 0.5) is 10.1 Å². The molecule has 6 heteroatoms. The molecular formula is C11H14BrFN2O2. The molecule has 0 heterocycles. The number of aryl methyl sites for hydroxylation is 1. The molecule has 94 valence electrons. The smallest absolute Gasteiger partial charge is 0.250 e. The van der Waals surface area contributed by atoms with Crippen LogP contribution in [-0.2, 0) is 9.53 Å². The Bertz CT molecular complexity index is 413. The third kappa shape index (κ3) is 4.41. The molecule has 1 amide bonds. The molecule has 3 N–H and O–H groups in total. The van der Waals surface area contributed by atoms with Gasteiger partial charge in [-0.3, -0.25) is 4.79 Å². The van der Waals surface area contributed by atoms with E-state index in [0.717, 1.165) is 0 Å². The van der Waals surface area contributed by atoms with E-state index < -0.39 is 0 Å². The Kier molecular flexibility index (Phi) is 5.54. The summed E-state index contributed by atoms with van der Waals surface area (Å²) in [5.74, 6) is -0.653. The first kappa shape index (κ1) is 14.1. The third-order valence-corrected chi connectivity index (χ3v) is 2.64. The van der Waals surface area contributed by atoms with Gasteiger partial charge in [-0.25, -0.2) is 4.39 Å². The van der Waals surface area contributed by atoms with E-state index >= 15 is 0 Å². The largest absolute Gasteiger partial charge is 0.370 e. The topological polar surface area (TPSA) is 64.3 Å². The first-order valence-electron chi connectivity index (χ1n) is 5.08. The number of nitrogens with one attached hydrogen (secondary N) is 1. The van der Waals surface area contributed by atoms with Crippen molar-refractivity contribution in [2.45, 2.75) is 6.92 Å². The Morgan fingerprint density at radius 1 is 1.59 bits per heavy atom. The number of carbonyl (C=O) groups is 1. The van der Waals surface area contributed by atoms with Gasteiger partial charge in [0.1, 0.15) is 12.4 Å². The van der Waals surface area contributed by atoms with Crippen LogP contribution in [0.5, 0.6) is 0 Å². The summed E-state index contributed by atoms with van der Waals surface area (Å²) in [4.78, 5) is 11.4. The van der Waals surface area contributed by atoms with Gasteiger partial charge in [-0.05, 0) is 40.5 Å². The zero-order chi connectivity index (χ0) is 12.8. The average molecular weight is 305 g/mol. The van der Waals surface area contributed by atoms with Gasteiger partial charge in [0, 0.05) is 12.2 Å². The molecule has 0 atom stereocenters. The van der Waals surface area contributed by atoms with Crippen molar-refractivity contribution in [3.05, 3.63) is 28.0 Å². The zero-order valence-corrected chi connectivity index (χ0v) is 11.0. The van der Waals surface area contributed by atoms with E-state index in [2.05, 4.69) is 21.2 Å². The van der Waals surface area contributed by atoms with Crippen molar-refractivity contribution < 1.29 is 13.9 Å². The van der Waals surface area contributed by atoms with E-state index in [1.807, 2.05) is 0 Å². The molecule has 0 spiro atoms. The normalized spacial score (nSPS) is 10.4. The van der Waals surface area contributed by atoms with Crippen LogP contribution in [0, 0.1) is 12.7 Å². The van der Waals surface area contributed by atoms with Crippen molar-refractivity contribution in [3.63, 3.8) is 0 Å². The maximum atomic E-state index is 13.1. The number of anilines is 1. The van der Waals surface area contributed by atoms with Gasteiger partial charge in [0.2, 0.25) is 5.91 Å². The fraction of sp³-hybridized carbons (Fsp3) is 0.364. The van der Waals surface area contributed by atoms with E-state index in [4.69, 9.17) is 10.5 Å². The van der Waals surface area contributed by atoms with Crippen LogP contribution in [-0.4, -0.2) is 25.7 Å². The van der Waals surface area contributed by atoms with Crippen molar-refractivity contribution in [2.75, 3.05) is 25.1 Å². The Hall–Kier alpha value is -0.980. The molecule has 0 aliphatic heterocycles. The number of halogens is 2. The molecule has 0 fully saturated rings. The second-order valence-electron chi connectivity index (χ2n) is 3.47. The minimum atomic E-state index is -0.361. The Morgan fingerprint density at radius 3 is 2.94 bits per heavy atom. The van der Waals surface area contributed by atoms with Gasteiger partial charge in [0.05, 0.1) is 11.1 Å². The molecule has 1 aromatic rings. The van der Waals surface area contributed by atoms with E-state index in [9.17, 15) is 9.18 Å². The summed E-state index contributed by atoms with van der Waals surface area (Å²) in [6.07, 6.45) is 0. The van der Waals surface area contributed by atoms with Gasteiger partial charge in [-0.1, -0.05) is 0 Å². The molecule has 0 aliphatic rings. The molecule has 0 aromatic heterocycles. The molecule has 4 nitrogen and oxygen atoms in total. The molecule has 1 aromatic carbocycles. The second-order valence-corrected chi connectivity index (χ2v) is 4.33. The summed E-state index contributed by atoms with van der Waals surface area (Å²) in [6.45, 7) is 2.35. The van der Waals surface area contributed by atoms with Crippen molar-refractivity contribution in [1.82, 2.24) is 0 Å². The molecule has 0 saturated carbocycles. The Labute approximate surface area is 107 Å². The maximum absolute atomic E-state index is 13.1. The maximum Gasteiger partial charge on any atom is 0.250 e. The summed E-state index contributed by atoms with van der Waals surface area (Å²) in [5, 5.41) is 2.64. The highest BCUT2D eigenvalue weighted by Gasteiger charge is 2.08. The number of nitrogens with two attached hydrogens (primary N) is 1.